The van der Waals surface area contributed by atoms with E-state index in [4.69, 9.17) is 29.2 Å². The van der Waals surface area contributed by atoms with Gasteiger partial charge in [-0.3, -0.25) is 9.59 Å². The Labute approximate surface area is 161 Å². The van der Waals surface area contributed by atoms with Crippen molar-refractivity contribution in [2.24, 2.45) is 5.92 Å². The Hall–Kier alpha value is -3.42. The number of benzene rings is 2. The zero-order valence-electron chi connectivity index (χ0n) is 15.2. The van der Waals surface area contributed by atoms with E-state index in [0.29, 0.717) is 23.9 Å². The van der Waals surface area contributed by atoms with Crippen molar-refractivity contribution in [3.63, 3.8) is 0 Å². The lowest BCUT2D eigenvalue weighted by Crippen LogP contribution is -2.20. The van der Waals surface area contributed by atoms with Gasteiger partial charge >= 0.3 is 11.9 Å². The van der Waals surface area contributed by atoms with Crippen LogP contribution in [0.4, 0.5) is 0 Å². The second-order valence-electron chi connectivity index (χ2n) is 6.38. The summed E-state index contributed by atoms with van der Waals surface area (Å²) in [6.45, 7) is 2.54. The monoisotopic (exact) mass is 388 g/mol. The SMILES string of the molecule is Cc1ccc2c(c1)OCO2.O=C(O)CC(Cc1ccc2c(c1)OCO2)C(=O)O. The zero-order chi connectivity index (χ0) is 20.1. The third-order valence-electron chi connectivity index (χ3n) is 4.22. The fourth-order valence-electron chi connectivity index (χ4n) is 2.81. The molecule has 0 saturated carbocycles. The first-order valence-electron chi connectivity index (χ1n) is 8.62. The first-order chi connectivity index (χ1) is 13.4. The summed E-state index contributed by atoms with van der Waals surface area (Å²) in [6.07, 6.45) is -0.248. The summed E-state index contributed by atoms with van der Waals surface area (Å²) >= 11 is 0. The Balaban J connectivity index is 0.000000188. The molecule has 8 nitrogen and oxygen atoms in total. The van der Waals surface area contributed by atoms with Gasteiger partial charge in [-0.15, -0.1) is 0 Å². The molecular formula is C20H20O8. The zero-order valence-corrected chi connectivity index (χ0v) is 15.2. The van der Waals surface area contributed by atoms with Gasteiger partial charge in [0.15, 0.2) is 23.0 Å². The van der Waals surface area contributed by atoms with Crippen LogP contribution in [-0.4, -0.2) is 35.7 Å². The molecule has 0 amide bonds. The van der Waals surface area contributed by atoms with Crippen molar-refractivity contribution in [3.8, 4) is 23.0 Å². The van der Waals surface area contributed by atoms with Crippen molar-refractivity contribution in [2.45, 2.75) is 19.8 Å². The normalized spacial score (nSPS) is 14.0. The highest BCUT2D eigenvalue weighted by molar-refractivity contribution is 5.78. The quantitative estimate of drug-likeness (QED) is 0.804. The first-order valence-corrected chi connectivity index (χ1v) is 8.62. The summed E-state index contributed by atoms with van der Waals surface area (Å²) in [7, 11) is 0. The molecule has 0 radical (unpaired) electrons. The number of hydrogen-bond acceptors (Lipinski definition) is 6. The maximum absolute atomic E-state index is 11.0. The molecule has 2 aromatic carbocycles. The Bertz CT molecular complexity index is 877. The van der Waals surface area contributed by atoms with E-state index < -0.39 is 24.3 Å². The van der Waals surface area contributed by atoms with Gasteiger partial charge in [-0.1, -0.05) is 12.1 Å². The van der Waals surface area contributed by atoms with Crippen LogP contribution in [0.1, 0.15) is 17.5 Å². The molecule has 0 aliphatic carbocycles. The molecule has 0 aromatic heterocycles. The Morgan fingerprint density at radius 1 is 0.893 bits per heavy atom. The van der Waals surface area contributed by atoms with Gasteiger partial charge in [-0.05, 0) is 48.7 Å². The number of aliphatic carboxylic acids is 2. The lowest BCUT2D eigenvalue weighted by Gasteiger charge is -2.10. The van der Waals surface area contributed by atoms with Gasteiger partial charge in [-0.2, -0.15) is 0 Å². The van der Waals surface area contributed by atoms with E-state index in [2.05, 4.69) is 0 Å². The van der Waals surface area contributed by atoms with E-state index in [1.807, 2.05) is 25.1 Å². The number of rotatable bonds is 5. The third kappa shape index (κ3) is 4.85. The molecule has 2 aliphatic rings. The highest BCUT2D eigenvalue weighted by Crippen LogP contribution is 2.33. The molecule has 0 bridgehead atoms. The van der Waals surface area contributed by atoms with Gasteiger partial charge in [0.25, 0.3) is 0 Å². The maximum Gasteiger partial charge on any atom is 0.307 e. The molecule has 2 aliphatic heterocycles. The van der Waals surface area contributed by atoms with Crippen LogP contribution in [-0.2, 0) is 16.0 Å². The lowest BCUT2D eigenvalue weighted by atomic mass is 9.96. The average Bonchev–Trinajstić information content (AvgIpc) is 3.29. The van der Waals surface area contributed by atoms with Gasteiger partial charge in [-0.25, -0.2) is 0 Å². The number of hydrogen-bond donors (Lipinski definition) is 2. The van der Waals surface area contributed by atoms with Gasteiger partial charge in [0.1, 0.15) is 0 Å². The van der Waals surface area contributed by atoms with Crippen LogP contribution in [0.2, 0.25) is 0 Å². The van der Waals surface area contributed by atoms with Gasteiger partial charge in [0.2, 0.25) is 13.6 Å². The molecule has 0 spiro atoms. The van der Waals surface area contributed by atoms with E-state index >= 15 is 0 Å². The first kappa shape index (κ1) is 19.3. The molecule has 8 heteroatoms. The van der Waals surface area contributed by atoms with Crippen LogP contribution in [0.3, 0.4) is 0 Å². The predicted octanol–water partition coefficient (Wildman–Crippen LogP) is 2.86. The molecule has 4 rings (SSSR count). The molecule has 148 valence electrons. The molecule has 2 aromatic rings. The highest BCUT2D eigenvalue weighted by atomic mass is 16.7. The minimum absolute atomic E-state index is 0.149. The van der Waals surface area contributed by atoms with E-state index in [-0.39, 0.29) is 13.2 Å². The summed E-state index contributed by atoms with van der Waals surface area (Å²) in [5.74, 6) is -0.289. The number of carbonyl (C=O) groups is 2. The molecular weight excluding hydrogens is 368 g/mol. The third-order valence-corrected chi connectivity index (χ3v) is 4.22. The van der Waals surface area contributed by atoms with Gasteiger partial charge in [0.05, 0.1) is 12.3 Å². The molecule has 0 saturated heterocycles. The number of aryl methyl sites for hydroxylation is 1. The molecule has 1 atom stereocenters. The van der Waals surface area contributed by atoms with Crippen molar-refractivity contribution in [3.05, 3.63) is 47.5 Å². The topological polar surface area (TPSA) is 112 Å². The van der Waals surface area contributed by atoms with E-state index in [1.54, 1.807) is 18.2 Å². The maximum atomic E-state index is 11.0. The smallest absolute Gasteiger partial charge is 0.307 e. The fourth-order valence-corrected chi connectivity index (χ4v) is 2.81. The fraction of sp³-hybridized carbons (Fsp3) is 0.300. The van der Waals surface area contributed by atoms with Crippen LogP contribution < -0.4 is 18.9 Å². The number of fused-ring (bicyclic) bond motifs is 2. The van der Waals surface area contributed by atoms with Crippen LogP contribution in [0, 0.1) is 12.8 Å². The Morgan fingerprint density at radius 2 is 1.46 bits per heavy atom. The van der Waals surface area contributed by atoms with Crippen LogP contribution in [0.5, 0.6) is 23.0 Å². The summed E-state index contributed by atoms with van der Waals surface area (Å²) in [5, 5.41) is 17.6. The summed E-state index contributed by atoms with van der Waals surface area (Å²) in [4.78, 5) is 21.5. The van der Waals surface area contributed by atoms with Crippen molar-refractivity contribution in [1.82, 2.24) is 0 Å². The van der Waals surface area contributed by atoms with Crippen LogP contribution in [0.15, 0.2) is 36.4 Å². The predicted molar refractivity (Wildman–Crippen MR) is 96.9 cm³/mol. The molecule has 28 heavy (non-hydrogen) atoms. The second kappa shape index (κ2) is 8.51. The summed E-state index contributed by atoms with van der Waals surface area (Å²) in [6, 6.07) is 11.0. The lowest BCUT2D eigenvalue weighted by molar-refractivity contribution is -0.148. The van der Waals surface area contributed by atoms with Crippen LogP contribution in [0.25, 0.3) is 0 Å². The number of carboxylic acid groups (broad SMARTS) is 2. The van der Waals surface area contributed by atoms with Crippen molar-refractivity contribution < 1.29 is 38.7 Å². The Morgan fingerprint density at radius 3 is 2.07 bits per heavy atom. The van der Waals surface area contributed by atoms with E-state index in [1.165, 1.54) is 5.56 Å². The summed E-state index contributed by atoms with van der Waals surface area (Å²) in [5.41, 5.74) is 1.91. The van der Waals surface area contributed by atoms with Crippen LogP contribution >= 0.6 is 0 Å². The van der Waals surface area contributed by atoms with Gasteiger partial charge < -0.3 is 29.2 Å². The number of carboxylic acids is 2. The van der Waals surface area contributed by atoms with Crippen molar-refractivity contribution in [2.75, 3.05) is 13.6 Å². The largest absolute Gasteiger partial charge is 0.481 e. The van der Waals surface area contributed by atoms with E-state index in [0.717, 1.165) is 11.5 Å². The molecule has 1 unspecified atom stereocenters. The van der Waals surface area contributed by atoms with Gasteiger partial charge in [0, 0.05) is 0 Å². The highest BCUT2D eigenvalue weighted by Gasteiger charge is 2.22. The molecule has 2 heterocycles. The second-order valence-corrected chi connectivity index (χ2v) is 6.38. The summed E-state index contributed by atoms with van der Waals surface area (Å²) < 4.78 is 20.6. The average molecular weight is 388 g/mol. The Kier molecular flexibility index (Phi) is 5.88. The van der Waals surface area contributed by atoms with Crippen molar-refractivity contribution in [1.29, 1.82) is 0 Å². The standard InChI is InChI=1S/C12H12O6.C8H8O2/c13-11(14)5-8(12(15)16)3-7-1-2-9-10(4-7)18-6-17-9;1-6-2-3-7-8(4-6)10-5-9-7/h1-2,4,8H,3,5-6H2,(H,13,14)(H,15,16);2-4H,5H2,1H3. The van der Waals surface area contributed by atoms with E-state index in [9.17, 15) is 9.59 Å². The number of ether oxygens (including phenoxy) is 4. The minimum atomic E-state index is -1.12. The molecule has 0 fully saturated rings. The van der Waals surface area contributed by atoms with Crippen molar-refractivity contribution >= 4 is 11.9 Å². The molecule has 2 N–H and O–H groups in total. The minimum Gasteiger partial charge on any atom is -0.481 e.